The number of rotatable bonds is 7. The van der Waals surface area contributed by atoms with Crippen LogP contribution < -0.4 is 0 Å². The molecule has 1 aliphatic rings. The highest BCUT2D eigenvalue weighted by Gasteiger charge is 2.35. The van der Waals surface area contributed by atoms with Gasteiger partial charge in [-0.2, -0.15) is 0 Å². The van der Waals surface area contributed by atoms with Crippen LogP contribution in [0.2, 0.25) is 0 Å². The van der Waals surface area contributed by atoms with Crippen LogP contribution in [0.25, 0.3) is 0 Å². The van der Waals surface area contributed by atoms with Crippen molar-refractivity contribution in [2.45, 2.75) is 85.2 Å². The third-order valence-electron chi connectivity index (χ3n) is 6.00. The van der Waals surface area contributed by atoms with Gasteiger partial charge >= 0.3 is 5.97 Å². The van der Waals surface area contributed by atoms with Crippen molar-refractivity contribution >= 4 is 17.7 Å². The molecule has 2 rings (SSSR count). The molecule has 1 fully saturated rings. The van der Waals surface area contributed by atoms with Crippen LogP contribution in [0.5, 0.6) is 0 Å². The Morgan fingerprint density at radius 2 is 1.75 bits per heavy atom. The van der Waals surface area contributed by atoms with Gasteiger partial charge in [-0.05, 0) is 46.1 Å². The van der Waals surface area contributed by atoms with E-state index in [1.807, 2.05) is 20.8 Å². The lowest BCUT2D eigenvalue weighted by Gasteiger charge is -2.38. The number of Topliss-reactive ketones (excluding diaryl/α,β-unsaturated/α-hetero) is 1. The Hall–Kier alpha value is -2.11. The maximum atomic E-state index is 13.5. The van der Waals surface area contributed by atoms with Gasteiger partial charge < -0.3 is 14.2 Å². The van der Waals surface area contributed by atoms with E-state index in [0.717, 1.165) is 31.4 Å². The standard InChI is InChI=1S/C22H34N2O4/c1-7-18(25)24(17-12-10-9-11-13-17)16(5)21(26)19-14(3)20(22(27)28-8-2)23(6)15(19)4/h16-17H,7-13H2,1-6H3. The Kier molecular flexibility index (Phi) is 7.44. The minimum atomic E-state index is -0.551. The zero-order valence-corrected chi connectivity index (χ0v) is 18.1. The van der Waals surface area contributed by atoms with Gasteiger partial charge in [-0.15, -0.1) is 0 Å². The van der Waals surface area contributed by atoms with Crippen LogP contribution in [-0.4, -0.2) is 45.8 Å². The van der Waals surface area contributed by atoms with Gasteiger partial charge in [0, 0.05) is 30.8 Å². The molecule has 0 spiro atoms. The minimum absolute atomic E-state index is 0.0182. The van der Waals surface area contributed by atoms with Gasteiger partial charge in [0.15, 0.2) is 5.78 Å². The van der Waals surface area contributed by atoms with E-state index >= 15 is 0 Å². The molecule has 0 radical (unpaired) electrons. The second-order valence-electron chi connectivity index (χ2n) is 7.70. The van der Waals surface area contributed by atoms with E-state index in [2.05, 4.69) is 0 Å². The van der Waals surface area contributed by atoms with Gasteiger partial charge in [0.2, 0.25) is 5.91 Å². The molecule has 6 heteroatoms. The third-order valence-corrected chi connectivity index (χ3v) is 6.00. The number of ether oxygens (including phenoxy) is 1. The summed E-state index contributed by atoms with van der Waals surface area (Å²) in [5.74, 6) is -0.510. The molecule has 28 heavy (non-hydrogen) atoms. The fraction of sp³-hybridized carbons (Fsp3) is 0.682. The van der Waals surface area contributed by atoms with E-state index in [1.165, 1.54) is 6.42 Å². The molecule has 0 N–H and O–H groups in total. The summed E-state index contributed by atoms with van der Waals surface area (Å²) in [6, 6.07) is -0.431. The molecule has 0 saturated heterocycles. The number of hydrogen-bond acceptors (Lipinski definition) is 4. The molecule has 1 heterocycles. The maximum Gasteiger partial charge on any atom is 0.355 e. The number of aromatic nitrogens is 1. The summed E-state index contributed by atoms with van der Waals surface area (Å²) >= 11 is 0. The summed E-state index contributed by atoms with van der Waals surface area (Å²) < 4.78 is 6.88. The van der Waals surface area contributed by atoms with Gasteiger partial charge in [-0.25, -0.2) is 4.79 Å². The molecule has 0 bridgehead atoms. The van der Waals surface area contributed by atoms with E-state index < -0.39 is 12.0 Å². The number of ketones is 1. The minimum Gasteiger partial charge on any atom is -0.461 e. The van der Waals surface area contributed by atoms with Crippen LogP contribution in [0.15, 0.2) is 0 Å². The topological polar surface area (TPSA) is 68.6 Å². The van der Waals surface area contributed by atoms with Crippen molar-refractivity contribution in [3.05, 3.63) is 22.5 Å². The summed E-state index contributed by atoms with van der Waals surface area (Å²) in [5, 5.41) is 0. The second kappa shape index (κ2) is 9.39. The third kappa shape index (κ3) is 4.15. The predicted molar refractivity (Wildman–Crippen MR) is 109 cm³/mol. The quantitative estimate of drug-likeness (QED) is 0.522. The first-order valence-corrected chi connectivity index (χ1v) is 10.4. The Bertz CT molecular complexity index is 744. The van der Waals surface area contributed by atoms with Crippen LogP contribution in [0, 0.1) is 13.8 Å². The first-order valence-electron chi connectivity index (χ1n) is 10.4. The highest BCUT2D eigenvalue weighted by molar-refractivity contribution is 6.06. The fourth-order valence-corrected chi connectivity index (χ4v) is 4.44. The van der Waals surface area contributed by atoms with Crippen molar-refractivity contribution in [3.8, 4) is 0 Å². The molecule has 156 valence electrons. The number of nitrogens with zero attached hydrogens (tertiary/aromatic N) is 2. The summed E-state index contributed by atoms with van der Waals surface area (Å²) in [7, 11) is 1.77. The van der Waals surface area contributed by atoms with E-state index in [-0.39, 0.29) is 24.3 Å². The summed E-state index contributed by atoms with van der Waals surface area (Å²) in [6.45, 7) is 9.32. The second-order valence-corrected chi connectivity index (χ2v) is 7.70. The molecule has 0 aromatic carbocycles. The van der Waals surface area contributed by atoms with Crippen LogP contribution in [0.3, 0.4) is 0 Å². The molecular formula is C22H34N2O4. The molecule has 1 aliphatic carbocycles. The molecule has 1 unspecified atom stereocenters. The van der Waals surface area contributed by atoms with Crippen molar-refractivity contribution in [1.29, 1.82) is 0 Å². The first-order chi connectivity index (χ1) is 13.3. The number of carbonyl (C=O) groups is 3. The van der Waals surface area contributed by atoms with Crippen molar-refractivity contribution in [3.63, 3.8) is 0 Å². The van der Waals surface area contributed by atoms with Gasteiger partial charge in [-0.1, -0.05) is 26.2 Å². The van der Waals surface area contributed by atoms with Crippen molar-refractivity contribution in [2.75, 3.05) is 6.61 Å². The molecule has 1 aromatic heterocycles. The highest BCUT2D eigenvalue weighted by atomic mass is 16.5. The molecule has 1 aromatic rings. The largest absolute Gasteiger partial charge is 0.461 e. The molecule has 6 nitrogen and oxygen atoms in total. The predicted octanol–water partition coefficient (Wildman–Crippen LogP) is 3.96. The molecule has 1 saturated carbocycles. The van der Waals surface area contributed by atoms with Gasteiger partial charge in [0.05, 0.1) is 12.6 Å². The van der Waals surface area contributed by atoms with Crippen LogP contribution in [0.1, 0.15) is 91.4 Å². The molecular weight excluding hydrogens is 356 g/mol. The lowest BCUT2D eigenvalue weighted by Crippen LogP contribution is -2.50. The number of amides is 1. The SMILES string of the molecule is CCOC(=O)c1c(C)c(C(=O)C(C)N(C(=O)CC)C2CCCCC2)c(C)n1C. The van der Waals surface area contributed by atoms with E-state index in [1.54, 1.807) is 30.4 Å². The first kappa shape index (κ1) is 22.2. The number of esters is 1. The number of hydrogen-bond donors (Lipinski definition) is 0. The zero-order valence-electron chi connectivity index (χ0n) is 18.1. The average Bonchev–Trinajstić information content (AvgIpc) is 2.90. The van der Waals surface area contributed by atoms with Crippen molar-refractivity contribution < 1.29 is 19.1 Å². The van der Waals surface area contributed by atoms with Crippen molar-refractivity contribution in [1.82, 2.24) is 9.47 Å². The Morgan fingerprint density at radius 3 is 2.29 bits per heavy atom. The highest BCUT2D eigenvalue weighted by Crippen LogP contribution is 2.29. The lowest BCUT2D eigenvalue weighted by atomic mass is 9.91. The van der Waals surface area contributed by atoms with Crippen molar-refractivity contribution in [2.24, 2.45) is 7.05 Å². The normalized spacial score (nSPS) is 15.9. The van der Waals surface area contributed by atoms with Gasteiger partial charge in [0.25, 0.3) is 0 Å². The van der Waals surface area contributed by atoms with E-state index in [0.29, 0.717) is 23.2 Å². The van der Waals surface area contributed by atoms with Crippen LogP contribution >= 0.6 is 0 Å². The Balaban J connectivity index is 2.41. The van der Waals surface area contributed by atoms with E-state index in [4.69, 9.17) is 4.74 Å². The fourth-order valence-electron chi connectivity index (χ4n) is 4.44. The van der Waals surface area contributed by atoms with Crippen LogP contribution in [0.4, 0.5) is 0 Å². The number of carbonyl (C=O) groups excluding carboxylic acids is 3. The summed E-state index contributed by atoms with van der Waals surface area (Å²) in [4.78, 5) is 40.4. The molecule has 1 amide bonds. The zero-order chi connectivity index (χ0) is 21.0. The Morgan fingerprint density at radius 1 is 1.14 bits per heavy atom. The van der Waals surface area contributed by atoms with E-state index in [9.17, 15) is 14.4 Å². The lowest BCUT2D eigenvalue weighted by molar-refractivity contribution is -0.135. The molecule has 0 aliphatic heterocycles. The molecule has 1 atom stereocenters. The summed E-state index contributed by atoms with van der Waals surface area (Å²) in [6.07, 6.45) is 5.65. The van der Waals surface area contributed by atoms with Gasteiger partial charge in [-0.3, -0.25) is 9.59 Å². The summed E-state index contributed by atoms with van der Waals surface area (Å²) in [5.41, 5.74) is 2.29. The Labute approximate surface area is 168 Å². The smallest absolute Gasteiger partial charge is 0.355 e. The monoisotopic (exact) mass is 390 g/mol. The van der Waals surface area contributed by atoms with Crippen LogP contribution in [-0.2, 0) is 16.6 Å². The van der Waals surface area contributed by atoms with Gasteiger partial charge in [0.1, 0.15) is 5.69 Å². The average molecular weight is 391 g/mol. The maximum absolute atomic E-state index is 13.5.